The van der Waals surface area contributed by atoms with Crippen LogP contribution in [0.1, 0.15) is 37.3 Å². The number of phenolic OH excluding ortho intramolecular Hbond substituents is 1. The van der Waals surface area contributed by atoms with Crippen molar-refractivity contribution in [3.63, 3.8) is 0 Å². The molecule has 1 N–H and O–H groups in total. The number of ether oxygens (including phenoxy) is 1. The molecule has 3 rings (SSSR count). The van der Waals surface area contributed by atoms with Crippen LogP contribution in [0.4, 0.5) is 4.39 Å². The standard InChI is InChI=1S/C27H37FN2O3S/c1-4-33-26-17-20(9-10-25(26)31)19-30-14-11-21(12-15-30)24(29(2)27(32)13-16-34-3)18-22-7-5-6-8-23(22)28/h5-10,17,21,24,31H,4,11-16,18-19H2,1-3H3. The van der Waals surface area contributed by atoms with Gasteiger partial charge in [-0.1, -0.05) is 24.3 Å². The lowest BCUT2D eigenvalue weighted by molar-refractivity contribution is -0.133. The number of likely N-dealkylation sites (N-methyl/N-ethyl adjacent to an activating group) is 1. The molecule has 1 atom stereocenters. The Kier molecular flexibility index (Phi) is 10.1. The van der Waals surface area contributed by atoms with Crippen molar-refractivity contribution < 1.29 is 19.0 Å². The van der Waals surface area contributed by atoms with Gasteiger partial charge >= 0.3 is 0 Å². The molecule has 0 saturated carbocycles. The summed E-state index contributed by atoms with van der Waals surface area (Å²) in [7, 11) is 1.88. The summed E-state index contributed by atoms with van der Waals surface area (Å²) in [5, 5.41) is 9.96. The molecule has 0 spiro atoms. The highest BCUT2D eigenvalue weighted by Crippen LogP contribution is 2.30. The van der Waals surface area contributed by atoms with Crippen molar-refractivity contribution in [3.8, 4) is 11.5 Å². The molecule has 186 valence electrons. The lowest BCUT2D eigenvalue weighted by Crippen LogP contribution is -2.47. The van der Waals surface area contributed by atoms with Crippen LogP contribution in [0.2, 0.25) is 0 Å². The van der Waals surface area contributed by atoms with Crippen molar-refractivity contribution in [1.82, 2.24) is 9.80 Å². The van der Waals surface area contributed by atoms with Gasteiger partial charge in [0.1, 0.15) is 5.82 Å². The van der Waals surface area contributed by atoms with Crippen molar-refractivity contribution in [1.29, 1.82) is 0 Å². The van der Waals surface area contributed by atoms with E-state index in [1.54, 1.807) is 23.9 Å². The highest BCUT2D eigenvalue weighted by atomic mass is 32.2. The van der Waals surface area contributed by atoms with E-state index in [4.69, 9.17) is 4.74 Å². The summed E-state index contributed by atoms with van der Waals surface area (Å²) in [6.45, 7) is 5.02. The molecule has 0 bridgehead atoms. The van der Waals surface area contributed by atoms with Gasteiger partial charge in [0.25, 0.3) is 0 Å². The van der Waals surface area contributed by atoms with E-state index < -0.39 is 0 Å². The van der Waals surface area contributed by atoms with Crippen molar-refractivity contribution >= 4 is 17.7 Å². The number of hydrogen-bond donors (Lipinski definition) is 1. The smallest absolute Gasteiger partial charge is 0.223 e. The molecule has 2 aromatic carbocycles. The summed E-state index contributed by atoms with van der Waals surface area (Å²) in [6, 6.07) is 12.4. The number of halogens is 1. The first-order valence-electron chi connectivity index (χ1n) is 12.1. The fourth-order valence-electron chi connectivity index (χ4n) is 4.74. The topological polar surface area (TPSA) is 53.0 Å². The zero-order chi connectivity index (χ0) is 24.5. The number of nitrogens with zero attached hydrogens (tertiary/aromatic N) is 2. The number of piperidine rings is 1. The summed E-state index contributed by atoms with van der Waals surface area (Å²) in [5.74, 6) is 1.72. The van der Waals surface area contributed by atoms with Gasteiger partial charge in [0.05, 0.1) is 6.61 Å². The van der Waals surface area contributed by atoms with E-state index in [1.165, 1.54) is 6.07 Å². The minimum atomic E-state index is -0.202. The highest BCUT2D eigenvalue weighted by molar-refractivity contribution is 7.98. The van der Waals surface area contributed by atoms with Gasteiger partial charge in [-0.2, -0.15) is 11.8 Å². The number of benzene rings is 2. The van der Waals surface area contributed by atoms with Gasteiger partial charge in [-0.25, -0.2) is 4.39 Å². The van der Waals surface area contributed by atoms with E-state index in [1.807, 2.05) is 49.4 Å². The van der Waals surface area contributed by atoms with Crippen LogP contribution in [-0.4, -0.2) is 65.6 Å². The zero-order valence-corrected chi connectivity index (χ0v) is 21.3. The number of likely N-dealkylation sites (tertiary alicyclic amines) is 1. The Hall–Kier alpha value is -2.25. The predicted octanol–water partition coefficient (Wildman–Crippen LogP) is 4.96. The molecular formula is C27H37FN2O3S. The van der Waals surface area contributed by atoms with Crippen LogP contribution in [0.3, 0.4) is 0 Å². The van der Waals surface area contributed by atoms with Crippen LogP contribution in [-0.2, 0) is 17.8 Å². The van der Waals surface area contributed by atoms with Crippen molar-refractivity contribution in [2.45, 2.75) is 45.2 Å². The summed E-state index contributed by atoms with van der Waals surface area (Å²) >= 11 is 1.67. The first-order chi connectivity index (χ1) is 16.4. The molecule has 34 heavy (non-hydrogen) atoms. The number of amides is 1. The summed E-state index contributed by atoms with van der Waals surface area (Å²) < 4.78 is 20.0. The lowest BCUT2D eigenvalue weighted by atomic mass is 9.84. The number of rotatable bonds is 11. The van der Waals surface area contributed by atoms with Gasteiger partial charge in [-0.15, -0.1) is 0 Å². The van der Waals surface area contributed by atoms with Crippen LogP contribution in [0.15, 0.2) is 42.5 Å². The van der Waals surface area contributed by atoms with E-state index in [9.17, 15) is 14.3 Å². The number of carbonyl (C=O) groups excluding carboxylic acids is 1. The van der Waals surface area contributed by atoms with E-state index in [0.29, 0.717) is 36.7 Å². The molecule has 1 unspecified atom stereocenters. The van der Waals surface area contributed by atoms with Crippen molar-refractivity contribution in [2.75, 3.05) is 38.8 Å². The Morgan fingerprint density at radius 1 is 1.26 bits per heavy atom. The number of aromatic hydroxyl groups is 1. The molecule has 1 saturated heterocycles. The Morgan fingerprint density at radius 2 is 2.00 bits per heavy atom. The Bertz CT molecular complexity index is 934. The third-order valence-corrected chi connectivity index (χ3v) is 7.32. The van der Waals surface area contributed by atoms with Crippen LogP contribution in [0.5, 0.6) is 11.5 Å². The van der Waals surface area contributed by atoms with Gasteiger partial charge in [0.2, 0.25) is 5.91 Å². The molecule has 0 aromatic heterocycles. The van der Waals surface area contributed by atoms with Gasteiger partial charge < -0.3 is 14.7 Å². The molecule has 1 amide bonds. The molecule has 0 aliphatic carbocycles. The maximum atomic E-state index is 14.5. The van der Waals surface area contributed by atoms with E-state index in [-0.39, 0.29) is 23.5 Å². The zero-order valence-electron chi connectivity index (χ0n) is 20.5. The summed E-state index contributed by atoms with van der Waals surface area (Å²) in [6.07, 6.45) is 4.96. The minimum Gasteiger partial charge on any atom is -0.504 e. The number of thioether (sulfide) groups is 1. The monoisotopic (exact) mass is 488 g/mol. The lowest BCUT2D eigenvalue weighted by Gasteiger charge is -2.40. The molecule has 5 nitrogen and oxygen atoms in total. The molecule has 1 aliphatic rings. The molecule has 1 aliphatic heterocycles. The third-order valence-electron chi connectivity index (χ3n) is 6.70. The Morgan fingerprint density at radius 3 is 2.68 bits per heavy atom. The normalized spacial score (nSPS) is 15.8. The number of carbonyl (C=O) groups is 1. The molecule has 7 heteroatoms. The maximum absolute atomic E-state index is 14.5. The number of phenols is 1. The van der Waals surface area contributed by atoms with Gasteiger partial charge in [-0.05, 0) is 80.8 Å². The van der Waals surface area contributed by atoms with E-state index >= 15 is 0 Å². The first-order valence-corrected chi connectivity index (χ1v) is 13.5. The molecule has 0 radical (unpaired) electrons. The van der Waals surface area contributed by atoms with Crippen molar-refractivity contribution in [2.24, 2.45) is 5.92 Å². The van der Waals surface area contributed by atoms with Crippen LogP contribution in [0.25, 0.3) is 0 Å². The largest absolute Gasteiger partial charge is 0.504 e. The SMILES string of the molecule is CCOc1cc(CN2CCC(C(Cc3ccccc3F)N(C)C(=O)CCSC)CC2)ccc1O. The van der Waals surface area contributed by atoms with E-state index in [2.05, 4.69) is 4.90 Å². The van der Waals surface area contributed by atoms with E-state index in [0.717, 1.165) is 43.8 Å². The average Bonchev–Trinajstić information content (AvgIpc) is 2.84. The van der Waals surface area contributed by atoms with Gasteiger partial charge in [0.15, 0.2) is 11.5 Å². The molecule has 2 aromatic rings. The molecule has 1 fully saturated rings. The van der Waals surface area contributed by atoms with Crippen LogP contribution < -0.4 is 4.74 Å². The highest BCUT2D eigenvalue weighted by Gasteiger charge is 2.32. The minimum absolute atomic E-state index is 0.0216. The second kappa shape index (κ2) is 13.0. The average molecular weight is 489 g/mol. The molecular weight excluding hydrogens is 451 g/mol. The Balaban J connectivity index is 1.67. The fraction of sp³-hybridized carbons (Fsp3) is 0.519. The summed E-state index contributed by atoms with van der Waals surface area (Å²) in [4.78, 5) is 17.1. The first kappa shape index (κ1) is 26.4. The number of hydrogen-bond acceptors (Lipinski definition) is 5. The Labute approximate surface area is 207 Å². The maximum Gasteiger partial charge on any atom is 0.223 e. The van der Waals surface area contributed by atoms with Gasteiger partial charge in [0, 0.05) is 31.8 Å². The van der Waals surface area contributed by atoms with Crippen molar-refractivity contribution in [3.05, 3.63) is 59.4 Å². The second-order valence-electron chi connectivity index (χ2n) is 8.96. The van der Waals surface area contributed by atoms with Crippen LogP contribution >= 0.6 is 11.8 Å². The quantitative estimate of drug-likeness (QED) is 0.484. The summed E-state index contributed by atoms with van der Waals surface area (Å²) in [5.41, 5.74) is 1.78. The second-order valence-corrected chi connectivity index (χ2v) is 9.94. The third kappa shape index (κ3) is 7.12. The molecule has 1 heterocycles. The fourth-order valence-corrected chi connectivity index (χ4v) is 5.12. The predicted molar refractivity (Wildman–Crippen MR) is 137 cm³/mol. The van der Waals surface area contributed by atoms with Crippen LogP contribution in [0, 0.1) is 11.7 Å². The van der Waals surface area contributed by atoms with Gasteiger partial charge in [-0.3, -0.25) is 9.69 Å².